The van der Waals surface area contributed by atoms with Crippen molar-refractivity contribution in [3.8, 4) is 0 Å². The number of anilines is 3. The van der Waals surface area contributed by atoms with Crippen LogP contribution in [0.15, 0.2) is 24.4 Å². The lowest BCUT2D eigenvalue weighted by molar-refractivity contribution is -0.119. The van der Waals surface area contributed by atoms with Crippen LogP contribution in [0, 0.1) is 5.95 Å². The largest absolute Gasteiger partial charge is 0.391 e. The first-order chi connectivity index (χ1) is 16.5. The van der Waals surface area contributed by atoms with Crippen LogP contribution in [-0.4, -0.2) is 54.7 Å². The smallest absolute Gasteiger partial charge is 0.228 e. The fraction of sp³-hybridized carbons (Fsp3) is 0.458. The van der Waals surface area contributed by atoms with Gasteiger partial charge in [0.25, 0.3) is 0 Å². The van der Waals surface area contributed by atoms with Gasteiger partial charge in [-0.25, -0.2) is 9.97 Å². The Morgan fingerprint density at radius 2 is 2.15 bits per heavy atom. The molecule has 34 heavy (non-hydrogen) atoms. The number of carbonyl (C=O) groups excluding carboxylic acids is 1. The maximum Gasteiger partial charge on any atom is 0.228 e. The van der Waals surface area contributed by atoms with Gasteiger partial charge in [-0.1, -0.05) is 6.07 Å². The van der Waals surface area contributed by atoms with Gasteiger partial charge in [0.05, 0.1) is 17.8 Å². The Morgan fingerprint density at radius 1 is 1.26 bits per heavy atom. The van der Waals surface area contributed by atoms with Crippen LogP contribution >= 0.6 is 0 Å². The monoisotopic (exact) mass is 463 g/mol. The second kappa shape index (κ2) is 8.43. The van der Waals surface area contributed by atoms with Crippen LogP contribution in [-0.2, 0) is 24.1 Å². The van der Waals surface area contributed by atoms with Crippen molar-refractivity contribution in [2.75, 3.05) is 16.8 Å². The molecule has 6 rings (SSSR count). The standard InChI is InChI=1S/C24H26FN7O2/c25-21-7-4-13(11-26-21)8-20(34)19-9-15(33)12-32(19)24-27-17-3-1-2-16(17)23(29-24)28-22-10-18(30-31-22)14-5-6-14/h4,7,10-11,14-15,19,33H,1-3,5-6,8-9,12H2,(H2,27,28,29,30,31). The first kappa shape index (κ1) is 21.2. The minimum Gasteiger partial charge on any atom is -0.391 e. The Balaban J connectivity index is 1.27. The fourth-order valence-electron chi connectivity index (χ4n) is 4.95. The van der Waals surface area contributed by atoms with E-state index in [-0.39, 0.29) is 18.7 Å². The summed E-state index contributed by atoms with van der Waals surface area (Å²) in [5.41, 5.74) is 3.83. The summed E-state index contributed by atoms with van der Waals surface area (Å²) in [6, 6.07) is 4.28. The number of hydrogen-bond donors (Lipinski definition) is 3. The second-order valence-corrected chi connectivity index (χ2v) is 9.45. The molecule has 176 valence electrons. The molecule has 0 bridgehead atoms. The van der Waals surface area contributed by atoms with Crippen LogP contribution in [0.5, 0.6) is 0 Å². The minimum absolute atomic E-state index is 0.0788. The zero-order valence-corrected chi connectivity index (χ0v) is 18.7. The van der Waals surface area contributed by atoms with Gasteiger partial charge in [0, 0.05) is 48.8 Å². The number of carbonyl (C=O) groups is 1. The first-order valence-corrected chi connectivity index (χ1v) is 11.8. The average molecular weight is 464 g/mol. The number of nitrogens with zero attached hydrogens (tertiary/aromatic N) is 5. The molecule has 3 aromatic rings. The first-order valence-electron chi connectivity index (χ1n) is 11.8. The van der Waals surface area contributed by atoms with Crippen LogP contribution < -0.4 is 10.2 Å². The van der Waals surface area contributed by atoms with Gasteiger partial charge in [-0.15, -0.1) is 0 Å². The van der Waals surface area contributed by atoms with Crippen molar-refractivity contribution >= 4 is 23.4 Å². The van der Waals surface area contributed by atoms with Crippen molar-refractivity contribution in [3.63, 3.8) is 0 Å². The molecule has 2 atom stereocenters. The maximum absolute atomic E-state index is 13.2. The number of aromatic amines is 1. The molecule has 1 saturated carbocycles. The number of ketones is 1. The number of aryl methyl sites for hydroxylation is 1. The molecule has 1 saturated heterocycles. The lowest BCUT2D eigenvalue weighted by atomic mass is 10.0. The number of β-amino-alcohol motifs (C(OH)–C–C–N with tert-alkyl or cyclic N) is 1. The number of rotatable bonds is 7. The third-order valence-electron chi connectivity index (χ3n) is 6.86. The number of aliphatic hydroxyl groups excluding tert-OH is 1. The lowest BCUT2D eigenvalue weighted by Crippen LogP contribution is -2.38. The number of fused-ring (bicyclic) bond motifs is 1. The van der Waals surface area contributed by atoms with E-state index in [9.17, 15) is 14.3 Å². The molecule has 2 aliphatic carbocycles. The van der Waals surface area contributed by atoms with Crippen LogP contribution in [0.2, 0.25) is 0 Å². The summed E-state index contributed by atoms with van der Waals surface area (Å²) in [6.45, 7) is 0.282. The normalized spacial score (nSPS) is 21.6. The number of nitrogens with one attached hydrogen (secondary N) is 2. The Hall–Kier alpha value is -3.40. The summed E-state index contributed by atoms with van der Waals surface area (Å²) in [7, 11) is 0. The number of halogens is 1. The predicted octanol–water partition coefficient (Wildman–Crippen LogP) is 2.59. The number of aromatic nitrogens is 5. The van der Waals surface area contributed by atoms with E-state index in [1.165, 1.54) is 25.1 Å². The molecule has 3 N–H and O–H groups in total. The average Bonchev–Trinajstić information content (AvgIpc) is 3.20. The van der Waals surface area contributed by atoms with Gasteiger partial charge in [0.1, 0.15) is 5.82 Å². The van der Waals surface area contributed by atoms with Gasteiger partial charge < -0.3 is 15.3 Å². The predicted molar refractivity (Wildman–Crippen MR) is 123 cm³/mol. The number of pyridine rings is 1. The van der Waals surface area contributed by atoms with Crippen molar-refractivity contribution in [1.29, 1.82) is 0 Å². The van der Waals surface area contributed by atoms with Gasteiger partial charge >= 0.3 is 0 Å². The number of Topliss-reactive ketones (excluding diaryl/α,β-unsaturated/α-hetero) is 1. The molecule has 2 fully saturated rings. The van der Waals surface area contributed by atoms with E-state index >= 15 is 0 Å². The molecule has 1 aliphatic heterocycles. The highest BCUT2D eigenvalue weighted by Gasteiger charge is 2.38. The molecule has 10 heteroatoms. The summed E-state index contributed by atoms with van der Waals surface area (Å²) in [6.07, 6.45) is 6.25. The van der Waals surface area contributed by atoms with Gasteiger partial charge in [-0.2, -0.15) is 14.5 Å². The quantitative estimate of drug-likeness (QED) is 0.458. The highest BCUT2D eigenvalue weighted by molar-refractivity contribution is 5.89. The van der Waals surface area contributed by atoms with Crippen LogP contribution in [0.3, 0.4) is 0 Å². The van der Waals surface area contributed by atoms with Crippen LogP contribution in [0.1, 0.15) is 54.1 Å². The Bertz CT molecular complexity index is 1220. The molecule has 4 heterocycles. The molecule has 3 aromatic heterocycles. The van der Waals surface area contributed by atoms with Crippen LogP contribution in [0.4, 0.5) is 22.0 Å². The Morgan fingerprint density at radius 3 is 2.94 bits per heavy atom. The molecule has 2 unspecified atom stereocenters. The summed E-state index contributed by atoms with van der Waals surface area (Å²) >= 11 is 0. The topological polar surface area (TPSA) is 120 Å². The third kappa shape index (κ3) is 4.13. The van der Waals surface area contributed by atoms with Crippen molar-refractivity contribution in [2.24, 2.45) is 0 Å². The van der Waals surface area contributed by atoms with Gasteiger partial charge in [-0.3, -0.25) is 9.89 Å². The molecule has 0 spiro atoms. The zero-order chi connectivity index (χ0) is 23.2. The highest BCUT2D eigenvalue weighted by Crippen LogP contribution is 2.40. The molecule has 0 amide bonds. The van der Waals surface area contributed by atoms with Crippen molar-refractivity contribution in [3.05, 3.63) is 52.9 Å². The number of aliphatic hydroxyl groups is 1. The molecule has 0 aromatic carbocycles. The van der Waals surface area contributed by atoms with Gasteiger partial charge in [0.2, 0.25) is 11.9 Å². The van der Waals surface area contributed by atoms with E-state index in [1.807, 2.05) is 6.07 Å². The summed E-state index contributed by atoms with van der Waals surface area (Å²) in [5, 5.41) is 21.3. The Kier molecular flexibility index (Phi) is 5.24. The van der Waals surface area contributed by atoms with Crippen molar-refractivity contribution in [2.45, 2.75) is 63.0 Å². The molecule has 0 radical (unpaired) electrons. The third-order valence-corrected chi connectivity index (χ3v) is 6.86. The summed E-state index contributed by atoms with van der Waals surface area (Å²) in [5.74, 6) is 1.78. The minimum atomic E-state index is -0.652. The van der Waals surface area contributed by atoms with E-state index in [1.54, 1.807) is 11.0 Å². The maximum atomic E-state index is 13.2. The fourth-order valence-corrected chi connectivity index (χ4v) is 4.95. The van der Waals surface area contributed by atoms with Crippen molar-refractivity contribution < 1.29 is 14.3 Å². The zero-order valence-electron chi connectivity index (χ0n) is 18.7. The highest BCUT2D eigenvalue weighted by atomic mass is 19.1. The van der Waals surface area contributed by atoms with Crippen molar-refractivity contribution in [1.82, 2.24) is 25.1 Å². The Labute approximate surface area is 195 Å². The van der Waals surface area contributed by atoms with E-state index in [0.717, 1.165) is 42.0 Å². The SMILES string of the molecule is O=C(Cc1ccc(F)nc1)C1CC(O)CN1c1nc2c(c(Nc3cc(C4CC4)[nH]n3)n1)CCC2. The lowest BCUT2D eigenvalue weighted by Gasteiger charge is -2.24. The van der Waals surface area contributed by atoms with E-state index < -0.39 is 18.1 Å². The number of hydrogen-bond acceptors (Lipinski definition) is 8. The second-order valence-electron chi connectivity index (χ2n) is 9.45. The summed E-state index contributed by atoms with van der Waals surface area (Å²) in [4.78, 5) is 28.2. The van der Waals surface area contributed by atoms with E-state index in [4.69, 9.17) is 9.97 Å². The molecular weight excluding hydrogens is 437 g/mol. The molecular formula is C24H26FN7O2. The molecule has 9 nitrogen and oxygen atoms in total. The van der Waals surface area contributed by atoms with E-state index in [0.29, 0.717) is 29.7 Å². The van der Waals surface area contributed by atoms with Crippen LogP contribution in [0.25, 0.3) is 0 Å². The molecule has 3 aliphatic rings. The van der Waals surface area contributed by atoms with E-state index in [2.05, 4.69) is 20.5 Å². The van der Waals surface area contributed by atoms with Gasteiger partial charge in [-0.05, 0) is 43.7 Å². The van der Waals surface area contributed by atoms with Gasteiger partial charge in [0.15, 0.2) is 11.6 Å². The number of H-pyrrole nitrogens is 1. The summed E-state index contributed by atoms with van der Waals surface area (Å²) < 4.78 is 13.1.